The Morgan fingerprint density at radius 2 is 2.20 bits per heavy atom. The summed E-state index contributed by atoms with van der Waals surface area (Å²) in [5, 5.41) is 5.42. The molecule has 25 heavy (non-hydrogen) atoms. The highest BCUT2D eigenvalue weighted by Gasteiger charge is 2.28. The molecule has 3 aromatic heterocycles. The van der Waals surface area contributed by atoms with Crippen molar-refractivity contribution in [1.29, 1.82) is 0 Å². The number of nitrogens with zero attached hydrogens (tertiary/aromatic N) is 4. The molecule has 1 amide bonds. The molecule has 1 aliphatic rings. The first kappa shape index (κ1) is 15.9. The highest BCUT2D eigenvalue weighted by Crippen LogP contribution is 2.29. The lowest BCUT2D eigenvalue weighted by Gasteiger charge is -2.32. The SMILES string of the molecule is CC(C)n1nccc1C(=O)N1CCC[C@@H](c2cc3cccnc3[nH]2)C1. The predicted molar refractivity (Wildman–Crippen MR) is 96.6 cm³/mol. The first-order valence-electron chi connectivity index (χ1n) is 8.90. The normalized spacial score (nSPS) is 18.2. The standard InChI is InChI=1S/C19H23N5O/c1-13(2)24-17(7-9-21-24)19(25)23-10-4-6-15(12-23)16-11-14-5-3-8-20-18(14)22-16/h3,5,7-9,11,13,15H,4,6,10,12H2,1-2H3,(H,20,22)/t15-/m1/s1. The van der Waals surface area contributed by atoms with Crippen LogP contribution in [0.2, 0.25) is 0 Å². The lowest BCUT2D eigenvalue weighted by atomic mass is 9.94. The average Bonchev–Trinajstić information content (AvgIpc) is 3.28. The molecule has 6 heteroatoms. The molecule has 0 unspecified atom stereocenters. The van der Waals surface area contributed by atoms with Gasteiger partial charge in [0.2, 0.25) is 0 Å². The van der Waals surface area contributed by atoms with Gasteiger partial charge < -0.3 is 9.88 Å². The van der Waals surface area contributed by atoms with Gasteiger partial charge in [-0.25, -0.2) is 4.98 Å². The van der Waals surface area contributed by atoms with Crippen LogP contribution in [0.1, 0.15) is 54.8 Å². The number of aromatic amines is 1. The van der Waals surface area contributed by atoms with E-state index in [9.17, 15) is 4.79 Å². The molecule has 130 valence electrons. The van der Waals surface area contributed by atoms with Crippen LogP contribution in [-0.2, 0) is 0 Å². The van der Waals surface area contributed by atoms with Gasteiger partial charge in [0.05, 0.1) is 0 Å². The number of carbonyl (C=O) groups is 1. The zero-order valence-corrected chi connectivity index (χ0v) is 14.6. The van der Waals surface area contributed by atoms with Crippen LogP contribution in [0, 0.1) is 0 Å². The minimum Gasteiger partial charge on any atom is -0.343 e. The van der Waals surface area contributed by atoms with Gasteiger partial charge in [-0.1, -0.05) is 0 Å². The van der Waals surface area contributed by atoms with E-state index in [0.29, 0.717) is 11.6 Å². The summed E-state index contributed by atoms with van der Waals surface area (Å²) >= 11 is 0. The number of fused-ring (bicyclic) bond motifs is 1. The maximum absolute atomic E-state index is 13.0. The molecule has 0 radical (unpaired) electrons. The maximum Gasteiger partial charge on any atom is 0.272 e. The van der Waals surface area contributed by atoms with E-state index >= 15 is 0 Å². The zero-order chi connectivity index (χ0) is 17.4. The molecular formula is C19H23N5O. The molecule has 1 atom stereocenters. The Bertz CT molecular complexity index is 861. The van der Waals surface area contributed by atoms with E-state index in [4.69, 9.17) is 0 Å². The van der Waals surface area contributed by atoms with Crippen molar-refractivity contribution >= 4 is 16.9 Å². The third-order valence-electron chi connectivity index (χ3n) is 4.94. The fraction of sp³-hybridized carbons (Fsp3) is 0.421. The first-order chi connectivity index (χ1) is 12.1. The summed E-state index contributed by atoms with van der Waals surface area (Å²) in [7, 11) is 0. The Morgan fingerprint density at radius 1 is 1.32 bits per heavy atom. The van der Waals surface area contributed by atoms with Crippen LogP contribution >= 0.6 is 0 Å². The van der Waals surface area contributed by atoms with Crippen molar-refractivity contribution in [3.8, 4) is 0 Å². The van der Waals surface area contributed by atoms with E-state index in [1.54, 1.807) is 17.1 Å². The Kier molecular flexibility index (Phi) is 4.03. The summed E-state index contributed by atoms with van der Waals surface area (Å²) in [4.78, 5) is 22.7. The van der Waals surface area contributed by atoms with Gasteiger partial charge in [0.15, 0.2) is 0 Å². The molecule has 0 saturated carbocycles. The van der Waals surface area contributed by atoms with Crippen LogP contribution in [0.25, 0.3) is 11.0 Å². The highest BCUT2D eigenvalue weighted by atomic mass is 16.2. The second-order valence-corrected chi connectivity index (χ2v) is 7.01. The number of carbonyl (C=O) groups excluding carboxylic acids is 1. The highest BCUT2D eigenvalue weighted by molar-refractivity contribution is 5.92. The van der Waals surface area contributed by atoms with Gasteiger partial charge in [0, 0.05) is 48.5 Å². The summed E-state index contributed by atoms with van der Waals surface area (Å²) in [6.45, 7) is 5.62. The summed E-state index contributed by atoms with van der Waals surface area (Å²) in [6.07, 6.45) is 5.60. The van der Waals surface area contributed by atoms with Gasteiger partial charge in [-0.05, 0) is 51.0 Å². The van der Waals surface area contributed by atoms with Crippen molar-refractivity contribution in [1.82, 2.24) is 24.6 Å². The summed E-state index contributed by atoms with van der Waals surface area (Å²) in [5.41, 5.74) is 2.76. The van der Waals surface area contributed by atoms with Crippen molar-refractivity contribution in [3.05, 3.63) is 48.0 Å². The van der Waals surface area contributed by atoms with E-state index in [2.05, 4.69) is 27.2 Å². The Morgan fingerprint density at radius 3 is 3.00 bits per heavy atom. The lowest BCUT2D eigenvalue weighted by molar-refractivity contribution is 0.0691. The second-order valence-electron chi connectivity index (χ2n) is 7.01. The molecule has 0 aliphatic carbocycles. The molecule has 4 rings (SSSR count). The quantitative estimate of drug-likeness (QED) is 0.797. The summed E-state index contributed by atoms with van der Waals surface area (Å²) in [5.74, 6) is 0.396. The minimum atomic E-state index is 0.0742. The molecule has 0 aromatic carbocycles. The Labute approximate surface area is 146 Å². The van der Waals surface area contributed by atoms with E-state index in [1.807, 2.05) is 30.9 Å². The van der Waals surface area contributed by atoms with Gasteiger partial charge >= 0.3 is 0 Å². The molecule has 1 saturated heterocycles. The number of aromatic nitrogens is 4. The van der Waals surface area contributed by atoms with E-state index < -0.39 is 0 Å². The van der Waals surface area contributed by atoms with Crippen molar-refractivity contribution in [2.75, 3.05) is 13.1 Å². The number of amides is 1. The van der Waals surface area contributed by atoms with Gasteiger partial charge in [-0.15, -0.1) is 0 Å². The predicted octanol–water partition coefficient (Wildman–Crippen LogP) is 3.36. The van der Waals surface area contributed by atoms with Crippen LogP contribution in [0.5, 0.6) is 0 Å². The number of piperidine rings is 1. The minimum absolute atomic E-state index is 0.0742. The molecule has 1 fully saturated rings. The number of pyridine rings is 1. The van der Waals surface area contributed by atoms with E-state index in [0.717, 1.165) is 37.0 Å². The Hall–Kier alpha value is -2.63. The molecule has 3 aromatic rings. The van der Waals surface area contributed by atoms with Crippen molar-refractivity contribution in [3.63, 3.8) is 0 Å². The smallest absolute Gasteiger partial charge is 0.272 e. The van der Waals surface area contributed by atoms with Gasteiger partial charge in [0.25, 0.3) is 5.91 Å². The second kappa shape index (κ2) is 6.35. The molecule has 0 bridgehead atoms. The fourth-order valence-electron chi connectivity index (χ4n) is 3.67. The monoisotopic (exact) mass is 337 g/mol. The molecular weight excluding hydrogens is 314 g/mol. The average molecular weight is 337 g/mol. The van der Waals surface area contributed by atoms with Crippen LogP contribution in [0.4, 0.5) is 0 Å². The van der Waals surface area contributed by atoms with Crippen LogP contribution in [0.3, 0.4) is 0 Å². The maximum atomic E-state index is 13.0. The number of rotatable bonds is 3. The van der Waals surface area contributed by atoms with Crippen LogP contribution < -0.4 is 0 Å². The zero-order valence-electron chi connectivity index (χ0n) is 14.6. The third-order valence-corrected chi connectivity index (χ3v) is 4.94. The number of likely N-dealkylation sites (tertiary alicyclic amines) is 1. The Balaban J connectivity index is 1.56. The molecule has 1 N–H and O–H groups in total. The van der Waals surface area contributed by atoms with Crippen molar-refractivity contribution in [2.45, 2.75) is 38.6 Å². The molecule has 6 nitrogen and oxygen atoms in total. The van der Waals surface area contributed by atoms with Gasteiger partial charge in [0.1, 0.15) is 11.3 Å². The van der Waals surface area contributed by atoms with E-state index in [-0.39, 0.29) is 11.9 Å². The van der Waals surface area contributed by atoms with Gasteiger partial charge in [-0.2, -0.15) is 5.10 Å². The number of H-pyrrole nitrogens is 1. The lowest BCUT2D eigenvalue weighted by Crippen LogP contribution is -2.40. The van der Waals surface area contributed by atoms with Crippen LogP contribution in [0.15, 0.2) is 36.7 Å². The fourth-order valence-corrected chi connectivity index (χ4v) is 3.67. The summed E-state index contributed by atoms with van der Waals surface area (Å²) < 4.78 is 1.80. The van der Waals surface area contributed by atoms with Crippen molar-refractivity contribution < 1.29 is 4.79 Å². The number of nitrogens with one attached hydrogen (secondary N) is 1. The summed E-state index contributed by atoms with van der Waals surface area (Å²) in [6, 6.07) is 8.17. The first-order valence-corrected chi connectivity index (χ1v) is 8.90. The molecule has 1 aliphatic heterocycles. The van der Waals surface area contributed by atoms with E-state index in [1.165, 1.54) is 5.69 Å². The number of hydrogen-bond donors (Lipinski definition) is 1. The molecule has 0 spiro atoms. The largest absolute Gasteiger partial charge is 0.343 e. The topological polar surface area (TPSA) is 66.8 Å². The van der Waals surface area contributed by atoms with Crippen LogP contribution in [-0.4, -0.2) is 43.6 Å². The van der Waals surface area contributed by atoms with Crippen molar-refractivity contribution in [2.24, 2.45) is 0 Å². The third kappa shape index (κ3) is 2.92. The molecule has 4 heterocycles. The number of hydrogen-bond acceptors (Lipinski definition) is 3. The van der Waals surface area contributed by atoms with Gasteiger partial charge in [-0.3, -0.25) is 9.48 Å².